The minimum atomic E-state index is -0.975. The van der Waals surface area contributed by atoms with E-state index in [1.54, 1.807) is 17.9 Å². The van der Waals surface area contributed by atoms with Gasteiger partial charge < -0.3 is 15.0 Å². The van der Waals surface area contributed by atoms with Crippen molar-refractivity contribution in [2.75, 3.05) is 31.6 Å². The first-order valence-electron chi connectivity index (χ1n) is 7.48. The molecule has 0 spiro atoms. The second-order valence-corrected chi connectivity index (χ2v) is 5.38. The highest BCUT2D eigenvalue weighted by molar-refractivity contribution is 5.92. The number of aryl methyl sites for hydroxylation is 1. The van der Waals surface area contributed by atoms with Crippen LogP contribution in [0.3, 0.4) is 0 Å². The summed E-state index contributed by atoms with van der Waals surface area (Å²) in [4.78, 5) is 22.5. The number of morpholine rings is 1. The lowest BCUT2D eigenvalue weighted by atomic mass is 10.2. The summed E-state index contributed by atoms with van der Waals surface area (Å²) < 4.78 is 31.5. The standard InChI is InChI=1S/C16H16F2N4O2/c1-10-8-14(15(23)22-4-6-24-7-5-22)21-16(19-10)20-11-2-3-12(17)13(18)9-11/h2-3,8-9H,4-7H2,1H3,(H,19,20,21). The smallest absolute Gasteiger partial charge is 0.272 e. The highest BCUT2D eigenvalue weighted by atomic mass is 19.2. The van der Waals surface area contributed by atoms with Crippen molar-refractivity contribution in [3.8, 4) is 0 Å². The minimum Gasteiger partial charge on any atom is -0.378 e. The first-order valence-corrected chi connectivity index (χ1v) is 7.48. The summed E-state index contributed by atoms with van der Waals surface area (Å²) in [6.45, 7) is 3.74. The van der Waals surface area contributed by atoms with Gasteiger partial charge in [0.2, 0.25) is 5.95 Å². The summed E-state index contributed by atoms with van der Waals surface area (Å²) in [6.07, 6.45) is 0. The molecule has 24 heavy (non-hydrogen) atoms. The largest absolute Gasteiger partial charge is 0.378 e. The maximum atomic E-state index is 13.3. The summed E-state index contributed by atoms with van der Waals surface area (Å²) in [5, 5.41) is 2.79. The molecule has 1 fully saturated rings. The summed E-state index contributed by atoms with van der Waals surface area (Å²) in [7, 11) is 0. The van der Waals surface area contributed by atoms with Crippen LogP contribution in [0.1, 0.15) is 16.2 Å². The van der Waals surface area contributed by atoms with Crippen LogP contribution in [0.2, 0.25) is 0 Å². The fourth-order valence-corrected chi connectivity index (χ4v) is 2.37. The van der Waals surface area contributed by atoms with Crippen molar-refractivity contribution in [1.29, 1.82) is 0 Å². The van der Waals surface area contributed by atoms with E-state index in [-0.39, 0.29) is 17.5 Å². The molecule has 6 nitrogen and oxygen atoms in total. The molecule has 8 heteroatoms. The normalized spacial score (nSPS) is 14.5. The van der Waals surface area contributed by atoms with Gasteiger partial charge >= 0.3 is 0 Å². The molecule has 3 rings (SSSR count). The maximum absolute atomic E-state index is 13.3. The third kappa shape index (κ3) is 3.65. The highest BCUT2D eigenvalue weighted by Gasteiger charge is 2.20. The zero-order chi connectivity index (χ0) is 17.1. The summed E-state index contributed by atoms with van der Waals surface area (Å²) in [6, 6.07) is 4.97. The summed E-state index contributed by atoms with van der Waals surface area (Å²) in [5.74, 6) is -1.97. The van der Waals surface area contributed by atoms with Gasteiger partial charge in [-0.15, -0.1) is 0 Å². The molecule has 0 unspecified atom stereocenters. The quantitative estimate of drug-likeness (QED) is 0.933. The molecule has 1 aliphatic heterocycles. The molecule has 0 radical (unpaired) electrons. The molecule has 1 saturated heterocycles. The number of nitrogens with zero attached hydrogens (tertiary/aromatic N) is 3. The number of halogens is 2. The summed E-state index contributed by atoms with van der Waals surface area (Å²) >= 11 is 0. The molecule has 1 aromatic heterocycles. The lowest BCUT2D eigenvalue weighted by Gasteiger charge is -2.26. The second-order valence-electron chi connectivity index (χ2n) is 5.38. The Kier molecular flexibility index (Phi) is 4.66. The zero-order valence-electron chi connectivity index (χ0n) is 13.1. The lowest BCUT2D eigenvalue weighted by molar-refractivity contribution is 0.0299. The minimum absolute atomic E-state index is 0.151. The lowest BCUT2D eigenvalue weighted by Crippen LogP contribution is -2.41. The van der Waals surface area contributed by atoms with E-state index >= 15 is 0 Å². The van der Waals surface area contributed by atoms with Crippen molar-refractivity contribution < 1.29 is 18.3 Å². The van der Waals surface area contributed by atoms with Gasteiger partial charge in [0, 0.05) is 30.5 Å². The molecular weight excluding hydrogens is 318 g/mol. The van der Waals surface area contributed by atoms with Gasteiger partial charge in [-0.2, -0.15) is 0 Å². The van der Waals surface area contributed by atoms with Gasteiger partial charge in [-0.25, -0.2) is 18.7 Å². The van der Waals surface area contributed by atoms with Crippen LogP contribution in [0, 0.1) is 18.6 Å². The Hall–Kier alpha value is -2.61. The SMILES string of the molecule is Cc1cc(C(=O)N2CCOCC2)nc(Nc2ccc(F)c(F)c2)n1. The Morgan fingerprint density at radius 1 is 1.17 bits per heavy atom. The van der Waals surface area contributed by atoms with E-state index in [0.29, 0.717) is 37.7 Å². The molecule has 2 aromatic rings. The van der Waals surface area contributed by atoms with Crippen molar-refractivity contribution >= 4 is 17.5 Å². The number of amides is 1. The number of ether oxygens (including phenoxy) is 1. The van der Waals surface area contributed by atoms with E-state index in [2.05, 4.69) is 15.3 Å². The number of benzene rings is 1. The molecule has 1 amide bonds. The van der Waals surface area contributed by atoms with Gasteiger partial charge in [-0.3, -0.25) is 4.79 Å². The van der Waals surface area contributed by atoms with Crippen LogP contribution in [0.15, 0.2) is 24.3 Å². The molecule has 0 aliphatic carbocycles. The molecular formula is C16H16F2N4O2. The number of anilines is 2. The average Bonchev–Trinajstić information content (AvgIpc) is 2.58. The van der Waals surface area contributed by atoms with E-state index < -0.39 is 11.6 Å². The maximum Gasteiger partial charge on any atom is 0.272 e. The second kappa shape index (κ2) is 6.88. The number of aromatic nitrogens is 2. The van der Waals surface area contributed by atoms with E-state index in [0.717, 1.165) is 12.1 Å². The molecule has 0 saturated carbocycles. The molecule has 126 valence electrons. The number of carbonyl (C=O) groups is 1. The third-order valence-electron chi connectivity index (χ3n) is 3.55. The molecule has 1 aromatic carbocycles. The fraction of sp³-hybridized carbons (Fsp3) is 0.312. The first-order chi connectivity index (χ1) is 11.5. The zero-order valence-corrected chi connectivity index (χ0v) is 13.1. The van der Waals surface area contributed by atoms with Gasteiger partial charge in [-0.1, -0.05) is 0 Å². The molecule has 2 heterocycles. The summed E-state index contributed by atoms with van der Waals surface area (Å²) in [5.41, 5.74) is 1.13. The van der Waals surface area contributed by atoms with Gasteiger partial charge in [-0.05, 0) is 25.1 Å². The van der Waals surface area contributed by atoms with Crippen molar-refractivity contribution in [3.05, 3.63) is 47.3 Å². The number of hydrogen-bond donors (Lipinski definition) is 1. The molecule has 1 aliphatic rings. The van der Waals surface area contributed by atoms with Gasteiger partial charge in [0.1, 0.15) is 5.69 Å². The predicted molar refractivity (Wildman–Crippen MR) is 83.1 cm³/mol. The monoisotopic (exact) mass is 334 g/mol. The fourth-order valence-electron chi connectivity index (χ4n) is 2.37. The van der Waals surface area contributed by atoms with Crippen molar-refractivity contribution in [3.63, 3.8) is 0 Å². The predicted octanol–water partition coefficient (Wildman–Crippen LogP) is 2.28. The number of carbonyl (C=O) groups excluding carboxylic acids is 1. The third-order valence-corrected chi connectivity index (χ3v) is 3.55. The first kappa shape index (κ1) is 16.3. The van der Waals surface area contributed by atoms with Gasteiger partial charge in [0.25, 0.3) is 5.91 Å². The number of nitrogens with one attached hydrogen (secondary N) is 1. The van der Waals surface area contributed by atoms with E-state index in [9.17, 15) is 13.6 Å². The molecule has 0 atom stereocenters. The average molecular weight is 334 g/mol. The van der Waals surface area contributed by atoms with Crippen molar-refractivity contribution in [1.82, 2.24) is 14.9 Å². The Balaban J connectivity index is 1.82. The van der Waals surface area contributed by atoms with Crippen molar-refractivity contribution in [2.45, 2.75) is 6.92 Å². The van der Waals surface area contributed by atoms with Gasteiger partial charge in [0.15, 0.2) is 11.6 Å². The van der Waals surface area contributed by atoms with Gasteiger partial charge in [0.05, 0.1) is 13.2 Å². The molecule has 0 bridgehead atoms. The number of hydrogen-bond acceptors (Lipinski definition) is 5. The van der Waals surface area contributed by atoms with Crippen LogP contribution >= 0.6 is 0 Å². The van der Waals surface area contributed by atoms with E-state index in [4.69, 9.17) is 4.74 Å². The molecule has 1 N–H and O–H groups in total. The van der Waals surface area contributed by atoms with E-state index in [1.165, 1.54) is 6.07 Å². The van der Waals surface area contributed by atoms with Crippen LogP contribution in [-0.2, 0) is 4.74 Å². The Bertz CT molecular complexity index is 764. The van der Waals surface area contributed by atoms with Crippen molar-refractivity contribution in [2.24, 2.45) is 0 Å². The van der Waals surface area contributed by atoms with E-state index in [1.807, 2.05) is 0 Å². The van der Waals surface area contributed by atoms with Crippen LogP contribution < -0.4 is 5.32 Å². The number of rotatable bonds is 3. The Morgan fingerprint density at radius 2 is 1.92 bits per heavy atom. The Morgan fingerprint density at radius 3 is 2.62 bits per heavy atom. The van der Waals surface area contributed by atoms with Crippen LogP contribution in [0.25, 0.3) is 0 Å². The van der Waals surface area contributed by atoms with Crippen LogP contribution in [0.4, 0.5) is 20.4 Å². The Labute approximate surface area is 137 Å². The topological polar surface area (TPSA) is 67.4 Å². The van der Waals surface area contributed by atoms with Crippen LogP contribution in [0.5, 0.6) is 0 Å². The van der Waals surface area contributed by atoms with Crippen LogP contribution in [-0.4, -0.2) is 47.1 Å². The highest BCUT2D eigenvalue weighted by Crippen LogP contribution is 2.18.